The lowest BCUT2D eigenvalue weighted by atomic mass is 10.2. The molecule has 0 atom stereocenters. The topological polar surface area (TPSA) is 120 Å². The van der Waals surface area contributed by atoms with Crippen LogP contribution in [0.25, 0.3) is 0 Å². The largest absolute Gasteiger partial charge is 0.493 e. The molecule has 10 heteroatoms. The maximum Gasteiger partial charge on any atom is 0.269 e. The SMILES string of the molecule is CCOc1ccc(C(=O)NNC(=O)c2ccc(S(=O)(=O)CCOC)cc2)cc1OC. The Morgan fingerprint density at radius 1 is 0.900 bits per heavy atom. The molecule has 2 aromatic carbocycles. The second kappa shape index (κ2) is 10.6. The number of carbonyl (C=O) groups is 2. The molecule has 0 aliphatic heterocycles. The van der Waals surface area contributed by atoms with Gasteiger partial charge in [0.2, 0.25) is 0 Å². The minimum absolute atomic E-state index is 0.0763. The van der Waals surface area contributed by atoms with E-state index < -0.39 is 21.7 Å². The predicted molar refractivity (Wildman–Crippen MR) is 109 cm³/mol. The van der Waals surface area contributed by atoms with E-state index in [1.165, 1.54) is 50.6 Å². The third-order valence-corrected chi connectivity index (χ3v) is 5.74. The van der Waals surface area contributed by atoms with Crippen molar-refractivity contribution < 1.29 is 32.2 Å². The summed E-state index contributed by atoms with van der Waals surface area (Å²) in [5, 5.41) is 0. The summed E-state index contributed by atoms with van der Waals surface area (Å²) in [7, 11) is -0.614. The maximum atomic E-state index is 12.3. The van der Waals surface area contributed by atoms with Gasteiger partial charge in [-0.2, -0.15) is 0 Å². The molecule has 0 aliphatic rings. The molecule has 0 heterocycles. The zero-order chi connectivity index (χ0) is 22.1. The Hall–Kier alpha value is -3.11. The second-order valence-electron chi connectivity index (χ2n) is 6.04. The number of hydrazine groups is 1. The number of carbonyl (C=O) groups excluding carboxylic acids is 2. The van der Waals surface area contributed by atoms with Gasteiger partial charge in [-0.1, -0.05) is 0 Å². The molecule has 2 amide bonds. The number of amides is 2. The van der Waals surface area contributed by atoms with Crippen LogP contribution in [0.4, 0.5) is 0 Å². The van der Waals surface area contributed by atoms with Crippen LogP contribution in [-0.2, 0) is 14.6 Å². The van der Waals surface area contributed by atoms with Gasteiger partial charge in [0, 0.05) is 18.2 Å². The molecule has 0 aliphatic carbocycles. The van der Waals surface area contributed by atoms with E-state index in [1.807, 2.05) is 6.92 Å². The molecule has 9 nitrogen and oxygen atoms in total. The van der Waals surface area contributed by atoms with Gasteiger partial charge in [0.15, 0.2) is 21.3 Å². The molecule has 0 fully saturated rings. The van der Waals surface area contributed by atoms with E-state index in [2.05, 4.69) is 10.9 Å². The Balaban J connectivity index is 2.01. The predicted octanol–water partition coefficient (Wildman–Crippen LogP) is 1.59. The van der Waals surface area contributed by atoms with E-state index in [4.69, 9.17) is 14.2 Å². The van der Waals surface area contributed by atoms with Gasteiger partial charge in [-0.3, -0.25) is 20.4 Å². The highest BCUT2D eigenvalue weighted by Crippen LogP contribution is 2.27. The van der Waals surface area contributed by atoms with Crippen LogP contribution in [0.2, 0.25) is 0 Å². The van der Waals surface area contributed by atoms with Crippen LogP contribution in [0, 0.1) is 0 Å². The molecule has 0 spiro atoms. The van der Waals surface area contributed by atoms with Gasteiger partial charge in [-0.25, -0.2) is 8.42 Å². The van der Waals surface area contributed by atoms with Crippen LogP contribution in [0.15, 0.2) is 47.4 Å². The molecule has 162 valence electrons. The Morgan fingerprint density at radius 2 is 1.50 bits per heavy atom. The van der Waals surface area contributed by atoms with Crippen LogP contribution in [0.5, 0.6) is 11.5 Å². The minimum atomic E-state index is -3.49. The third-order valence-electron chi connectivity index (χ3n) is 4.05. The van der Waals surface area contributed by atoms with Crippen molar-refractivity contribution in [3.63, 3.8) is 0 Å². The molecule has 30 heavy (non-hydrogen) atoms. The Kier molecular flexibility index (Phi) is 8.19. The number of methoxy groups -OCH3 is 2. The fraction of sp³-hybridized carbons (Fsp3) is 0.300. The molecule has 0 saturated heterocycles. The van der Waals surface area contributed by atoms with Crippen LogP contribution in [0.3, 0.4) is 0 Å². The van der Waals surface area contributed by atoms with Crippen molar-refractivity contribution in [2.24, 2.45) is 0 Å². The maximum absolute atomic E-state index is 12.3. The fourth-order valence-electron chi connectivity index (χ4n) is 2.47. The highest BCUT2D eigenvalue weighted by atomic mass is 32.2. The summed E-state index contributed by atoms with van der Waals surface area (Å²) >= 11 is 0. The molecule has 2 aromatic rings. The fourth-order valence-corrected chi connectivity index (χ4v) is 3.64. The number of ether oxygens (including phenoxy) is 3. The summed E-state index contributed by atoms with van der Waals surface area (Å²) in [4.78, 5) is 24.6. The van der Waals surface area contributed by atoms with Gasteiger partial charge < -0.3 is 14.2 Å². The Labute approximate surface area is 175 Å². The number of sulfone groups is 1. The molecule has 0 bridgehead atoms. The average Bonchev–Trinajstić information content (AvgIpc) is 2.76. The summed E-state index contributed by atoms with van der Waals surface area (Å²) in [5.74, 6) is -0.413. The molecule has 0 saturated carbocycles. The molecule has 2 rings (SSSR count). The summed E-state index contributed by atoms with van der Waals surface area (Å²) < 4.78 is 39.6. The number of hydrogen-bond donors (Lipinski definition) is 2. The van der Waals surface area contributed by atoms with Crippen molar-refractivity contribution in [2.45, 2.75) is 11.8 Å². The van der Waals surface area contributed by atoms with Crippen LogP contribution >= 0.6 is 0 Å². The number of benzene rings is 2. The lowest BCUT2D eigenvalue weighted by molar-refractivity contribution is 0.0846. The monoisotopic (exact) mass is 436 g/mol. The van der Waals surface area contributed by atoms with Gasteiger partial charge in [0.1, 0.15) is 0 Å². The normalized spacial score (nSPS) is 10.9. The smallest absolute Gasteiger partial charge is 0.269 e. The van der Waals surface area contributed by atoms with Crippen molar-refractivity contribution in [1.29, 1.82) is 0 Å². The highest BCUT2D eigenvalue weighted by Gasteiger charge is 2.16. The summed E-state index contributed by atoms with van der Waals surface area (Å²) in [5.41, 5.74) is 5.03. The van der Waals surface area contributed by atoms with Gasteiger partial charge in [-0.15, -0.1) is 0 Å². The number of rotatable bonds is 9. The minimum Gasteiger partial charge on any atom is -0.493 e. The van der Waals surface area contributed by atoms with Gasteiger partial charge in [0.05, 0.1) is 31.0 Å². The van der Waals surface area contributed by atoms with Crippen molar-refractivity contribution >= 4 is 21.7 Å². The highest BCUT2D eigenvalue weighted by molar-refractivity contribution is 7.91. The first-order valence-corrected chi connectivity index (χ1v) is 10.7. The quantitative estimate of drug-likeness (QED) is 0.573. The van der Waals surface area contributed by atoms with Gasteiger partial charge in [0.25, 0.3) is 11.8 Å². The van der Waals surface area contributed by atoms with Crippen molar-refractivity contribution in [3.05, 3.63) is 53.6 Å². The second-order valence-corrected chi connectivity index (χ2v) is 8.15. The zero-order valence-corrected chi connectivity index (χ0v) is 17.7. The van der Waals surface area contributed by atoms with Gasteiger partial charge >= 0.3 is 0 Å². The molecule has 2 N–H and O–H groups in total. The Morgan fingerprint density at radius 3 is 2.07 bits per heavy atom. The van der Waals surface area contributed by atoms with Crippen molar-refractivity contribution in [2.75, 3.05) is 33.2 Å². The average molecular weight is 436 g/mol. The van der Waals surface area contributed by atoms with E-state index in [9.17, 15) is 18.0 Å². The standard InChI is InChI=1S/C20H24N2O7S/c1-4-29-17-10-7-15(13-18(17)28-3)20(24)22-21-19(23)14-5-8-16(9-6-14)30(25,26)12-11-27-2/h5-10,13H,4,11-12H2,1-3H3,(H,21,23)(H,22,24). The first kappa shape index (κ1) is 23.2. The van der Waals surface area contributed by atoms with Crippen LogP contribution in [-0.4, -0.2) is 53.4 Å². The van der Waals surface area contributed by atoms with E-state index >= 15 is 0 Å². The van der Waals surface area contributed by atoms with E-state index in [-0.39, 0.29) is 28.4 Å². The zero-order valence-electron chi connectivity index (χ0n) is 16.9. The summed E-state index contributed by atoms with van der Waals surface area (Å²) in [6, 6.07) is 10.0. The third kappa shape index (κ3) is 5.94. The van der Waals surface area contributed by atoms with E-state index in [0.717, 1.165) is 0 Å². The Bertz CT molecular complexity index is 989. The van der Waals surface area contributed by atoms with Crippen molar-refractivity contribution in [1.82, 2.24) is 10.9 Å². The molecule has 0 aromatic heterocycles. The van der Waals surface area contributed by atoms with Crippen LogP contribution < -0.4 is 20.3 Å². The van der Waals surface area contributed by atoms with E-state index in [0.29, 0.717) is 18.1 Å². The van der Waals surface area contributed by atoms with E-state index in [1.54, 1.807) is 6.07 Å². The number of hydrogen-bond acceptors (Lipinski definition) is 7. The number of nitrogens with one attached hydrogen (secondary N) is 2. The molecular formula is C20H24N2O7S. The lowest BCUT2D eigenvalue weighted by Crippen LogP contribution is -2.41. The first-order chi connectivity index (χ1) is 14.3. The molecular weight excluding hydrogens is 412 g/mol. The summed E-state index contributed by atoms with van der Waals surface area (Å²) in [6.45, 7) is 2.36. The van der Waals surface area contributed by atoms with Crippen LogP contribution in [0.1, 0.15) is 27.6 Å². The molecule has 0 radical (unpaired) electrons. The summed E-state index contributed by atoms with van der Waals surface area (Å²) in [6.07, 6.45) is 0. The molecule has 0 unspecified atom stereocenters. The van der Waals surface area contributed by atoms with Gasteiger partial charge in [-0.05, 0) is 49.4 Å². The van der Waals surface area contributed by atoms with Crippen molar-refractivity contribution in [3.8, 4) is 11.5 Å². The lowest BCUT2D eigenvalue weighted by Gasteiger charge is -2.12. The first-order valence-electron chi connectivity index (χ1n) is 9.05.